The van der Waals surface area contributed by atoms with Crippen LogP contribution in [0.2, 0.25) is 0 Å². The monoisotopic (exact) mass is 398 g/mol. The maximum Gasteiger partial charge on any atom is 0.137 e. The van der Waals surface area contributed by atoms with Crippen LogP contribution in [0.15, 0.2) is 67.0 Å². The zero-order chi connectivity index (χ0) is 20.5. The Balaban J connectivity index is 1.40. The fraction of sp³-hybridized carbons (Fsp3) is 0.240. The van der Waals surface area contributed by atoms with Crippen molar-refractivity contribution in [1.29, 1.82) is 0 Å². The van der Waals surface area contributed by atoms with Gasteiger partial charge in [-0.15, -0.1) is 0 Å². The first-order valence-corrected chi connectivity index (χ1v) is 10.4. The topological polar surface area (TPSA) is 55.4 Å². The number of rotatable bonds is 4. The number of piperazine rings is 1. The van der Waals surface area contributed by atoms with Crippen LogP contribution < -0.4 is 0 Å². The summed E-state index contributed by atoms with van der Waals surface area (Å²) in [7, 11) is 2.19. The molecule has 4 aromatic rings. The molecule has 0 unspecified atom stereocenters. The molecule has 1 aliphatic heterocycles. The Morgan fingerprint density at radius 3 is 2.50 bits per heavy atom. The Kier molecular flexibility index (Phi) is 4.99. The average Bonchev–Trinajstić information content (AvgIpc) is 3.19. The number of fused-ring (bicyclic) bond motifs is 1. The minimum absolute atomic E-state index is 0.266. The van der Waals surface area contributed by atoms with E-state index in [0.29, 0.717) is 0 Å². The first-order chi connectivity index (χ1) is 14.7. The molecule has 1 saturated heterocycles. The maximum atomic E-state index is 9.84. The van der Waals surface area contributed by atoms with Crippen LogP contribution in [0.3, 0.4) is 0 Å². The number of aromatic hydroxyl groups is 1. The number of aromatic nitrogens is 2. The lowest BCUT2D eigenvalue weighted by Gasteiger charge is -2.32. The third-order valence-corrected chi connectivity index (χ3v) is 5.98. The molecule has 0 saturated carbocycles. The molecule has 2 aromatic carbocycles. The molecular weight excluding hydrogens is 372 g/mol. The standard InChI is InChI=1S/C25H26N4O/c1-28-9-11-29(12-10-28)17-18-5-7-19(8-6-18)21-14-23-24(16-27-25(23)26-15-21)20-3-2-4-22(30)13-20/h2-8,13-16,30H,9-12,17H2,1H3,(H,26,27). The molecular formula is C25H26N4O. The van der Waals surface area contributed by atoms with E-state index in [-0.39, 0.29) is 5.75 Å². The van der Waals surface area contributed by atoms with Crippen LogP contribution in [-0.2, 0) is 6.54 Å². The van der Waals surface area contributed by atoms with E-state index in [4.69, 9.17) is 0 Å². The van der Waals surface area contributed by atoms with Gasteiger partial charge in [0, 0.05) is 61.6 Å². The molecule has 152 valence electrons. The van der Waals surface area contributed by atoms with Gasteiger partial charge in [-0.1, -0.05) is 36.4 Å². The predicted octanol–water partition coefficient (Wildman–Crippen LogP) is 4.35. The summed E-state index contributed by atoms with van der Waals surface area (Å²) in [6.07, 6.45) is 3.87. The van der Waals surface area contributed by atoms with Crippen LogP contribution >= 0.6 is 0 Å². The van der Waals surface area contributed by atoms with Gasteiger partial charge in [0.15, 0.2) is 0 Å². The molecule has 1 fully saturated rings. The Labute approximate surface area is 176 Å². The largest absolute Gasteiger partial charge is 0.508 e. The molecule has 0 radical (unpaired) electrons. The van der Waals surface area contributed by atoms with Crippen molar-refractivity contribution in [1.82, 2.24) is 19.8 Å². The van der Waals surface area contributed by atoms with Crippen LogP contribution in [-0.4, -0.2) is 58.1 Å². The minimum atomic E-state index is 0.266. The second-order valence-electron chi connectivity index (χ2n) is 8.15. The van der Waals surface area contributed by atoms with Gasteiger partial charge in [0.25, 0.3) is 0 Å². The zero-order valence-electron chi connectivity index (χ0n) is 17.2. The summed E-state index contributed by atoms with van der Waals surface area (Å²) in [6, 6.07) is 18.3. The second-order valence-corrected chi connectivity index (χ2v) is 8.15. The van der Waals surface area contributed by atoms with Crippen LogP contribution in [0.5, 0.6) is 5.75 Å². The Bertz CT molecular complexity index is 1160. The molecule has 0 amide bonds. The highest BCUT2D eigenvalue weighted by molar-refractivity contribution is 5.96. The van der Waals surface area contributed by atoms with Crippen LogP contribution in [0.1, 0.15) is 5.56 Å². The Morgan fingerprint density at radius 1 is 0.933 bits per heavy atom. The van der Waals surface area contributed by atoms with Crippen molar-refractivity contribution >= 4 is 11.0 Å². The SMILES string of the molecule is CN1CCN(Cc2ccc(-c3cnc4[nH]cc(-c5cccc(O)c5)c4c3)cc2)CC1. The van der Waals surface area contributed by atoms with E-state index in [1.54, 1.807) is 12.1 Å². The highest BCUT2D eigenvalue weighted by Crippen LogP contribution is 2.32. The highest BCUT2D eigenvalue weighted by atomic mass is 16.3. The quantitative estimate of drug-likeness (QED) is 0.537. The fourth-order valence-corrected chi connectivity index (χ4v) is 4.14. The van der Waals surface area contributed by atoms with E-state index in [1.165, 1.54) is 5.56 Å². The summed E-state index contributed by atoms with van der Waals surface area (Å²) in [5, 5.41) is 10.9. The Hall–Kier alpha value is -3.15. The van der Waals surface area contributed by atoms with Crippen LogP contribution in [0, 0.1) is 0 Å². The summed E-state index contributed by atoms with van der Waals surface area (Å²) >= 11 is 0. The van der Waals surface area contributed by atoms with E-state index >= 15 is 0 Å². The van der Waals surface area contributed by atoms with Crippen LogP contribution in [0.4, 0.5) is 0 Å². The molecule has 0 bridgehead atoms. The third-order valence-electron chi connectivity index (χ3n) is 5.98. The normalized spacial score (nSPS) is 15.6. The highest BCUT2D eigenvalue weighted by Gasteiger charge is 2.14. The summed E-state index contributed by atoms with van der Waals surface area (Å²) in [5.41, 5.74) is 6.47. The molecule has 2 aromatic heterocycles. The number of hydrogen-bond acceptors (Lipinski definition) is 4. The van der Waals surface area contributed by atoms with Gasteiger partial charge >= 0.3 is 0 Å². The fourth-order valence-electron chi connectivity index (χ4n) is 4.14. The molecule has 5 rings (SSSR count). The lowest BCUT2D eigenvalue weighted by Crippen LogP contribution is -2.43. The molecule has 1 aliphatic rings. The molecule has 5 nitrogen and oxygen atoms in total. The summed E-state index contributed by atoms with van der Waals surface area (Å²) in [5.74, 6) is 0.266. The molecule has 5 heteroatoms. The molecule has 0 aliphatic carbocycles. The number of nitrogens with one attached hydrogen (secondary N) is 1. The number of phenolic OH excluding ortho intramolecular Hbond substituents is 1. The maximum absolute atomic E-state index is 9.84. The number of H-pyrrole nitrogens is 1. The average molecular weight is 399 g/mol. The van der Waals surface area contributed by atoms with Crippen LogP contribution in [0.25, 0.3) is 33.3 Å². The van der Waals surface area contributed by atoms with Crippen molar-refractivity contribution in [2.75, 3.05) is 33.2 Å². The predicted molar refractivity (Wildman–Crippen MR) is 121 cm³/mol. The number of nitrogens with zero attached hydrogens (tertiary/aromatic N) is 3. The van der Waals surface area contributed by atoms with Gasteiger partial charge in [-0.2, -0.15) is 0 Å². The number of phenols is 1. The first kappa shape index (κ1) is 18.9. The zero-order valence-corrected chi connectivity index (χ0v) is 17.2. The summed E-state index contributed by atoms with van der Waals surface area (Å²) in [6.45, 7) is 5.54. The second kappa shape index (κ2) is 7.94. The van der Waals surface area contributed by atoms with Gasteiger partial charge in [0.2, 0.25) is 0 Å². The number of pyridine rings is 1. The number of likely N-dealkylation sites (N-methyl/N-ethyl adjacent to an activating group) is 1. The van der Waals surface area contributed by atoms with Gasteiger partial charge in [0.1, 0.15) is 11.4 Å². The van der Waals surface area contributed by atoms with Gasteiger partial charge in [-0.05, 0) is 41.9 Å². The van der Waals surface area contributed by atoms with Crippen molar-refractivity contribution in [3.05, 3.63) is 72.6 Å². The van der Waals surface area contributed by atoms with E-state index in [9.17, 15) is 5.11 Å². The smallest absolute Gasteiger partial charge is 0.137 e. The first-order valence-electron chi connectivity index (χ1n) is 10.4. The van der Waals surface area contributed by atoms with E-state index < -0.39 is 0 Å². The third kappa shape index (κ3) is 3.82. The Morgan fingerprint density at radius 2 is 1.73 bits per heavy atom. The van der Waals surface area contributed by atoms with E-state index in [2.05, 4.69) is 57.1 Å². The summed E-state index contributed by atoms with van der Waals surface area (Å²) in [4.78, 5) is 12.8. The molecule has 3 heterocycles. The molecule has 30 heavy (non-hydrogen) atoms. The minimum Gasteiger partial charge on any atom is -0.508 e. The van der Waals surface area contributed by atoms with Crippen molar-refractivity contribution in [3.63, 3.8) is 0 Å². The van der Waals surface area contributed by atoms with E-state index in [1.807, 2.05) is 24.5 Å². The number of aromatic amines is 1. The van der Waals surface area contributed by atoms with Gasteiger partial charge < -0.3 is 15.0 Å². The van der Waals surface area contributed by atoms with Gasteiger partial charge in [-0.3, -0.25) is 4.90 Å². The van der Waals surface area contributed by atoms with Crippen molar-refractivity contribution in [2.45, 2.75) is 6.54 Å². The van der Waals surface area contributed by atoms with Crippen molar-refractivity contribution in [2.24, 2.45) is 0 Å². The molecule has 0 atom stereocenters. The summed E-state index contributed by atoms with van der Waals surface area (Å²) < 4.78 is 0. The van der Waals surface area contributed by atoms with Gasteiger partial charge in [-0.25, -0.2) is 4.98 Å². The van der Waals surface area contributed by atoms with Crippen molar-refractivity contribution < 1.29 is 5.11 Å². The number of hydrogen-bond donors (Lipinski definition) is 2. The van der Waals surface area contributed by atoms with Gasteiger partial charge in [0.05, 0.1) is 0 Å². The lowest BCUT2D eigenvalue weighted by atomic mass is 10.0. The van der Waals surface area contributed by atoms with Crippen molar-refractivity contribution in [3.8, 4) is 28.0 Å². The molecule has 2 N–H and O–H groups in total. The lowest BCUT2D eigenvalue weighted by molar-refractivity contribution is 0.148. The van der Waals surface area contributed by atoms with E-state index in [0.717, 1.165) is 66.0 Å². The molecule has 0 spiro atoms. The number of benzene rings is 2.